The van der Waals surface area contributed by atoms with Crippen LogP contribution in [-0.2, 0) is 0 Å². The number of hydrogen-bond acceptors (Lipinski definition) is 3. The van der Waals surface area contributed by atoms with E-state index >= 15 is 0 Å². The number of rotatable bonds is 3. The van der Waals surface area contributed by atoms with Gasteiger partial charge in [0.05, 0.1) is 0 Å². The van der Waals surface area contributed by atoms with E-state index in [9.17, 15) is 4.79 Å². The highest BCUT2D eigenvalue weighted by atomic mass is 16.1. The summed E-state index contributed by atoms with van der Waals surface area (Å²) in [5, 5.41) is 0. The van der Waals surface area contributed by atoms with Crippen molar-refractivity contribution in [2.75, 3.05) is 19.8 Å². The lowest BCUT2D eigenvalue weighted by Crippen LogP contribution is -2.04. The van der Waals surface area contributed by atoms with Crippen LogP contribution in [0.2, 0.25) is 0 Å². The number of hydrogen-bond donors (Lipinski definition) is 1. The fourth-order valence-corrected chi connectivity index (χ4v) is 1.03. The number of nitrogens with zero attached hydrogens (tertiary/aromatic N) is 1. The van der Waals surface area contributed by atoms with Gasteiger partial charge in [0.15, 0.2) is 5.78 Å². The van der Waals surface area contributed by atoms with Crippen molar-refractivity contribution in [3.63, 3.8) is 0 Å². The summed E-state index contributed by atoms with van der Waals surface area (Å²) in [5.41, 5.74) is 6.72. The van der Waals surface area contributed by atoms with E-state index in [1.807, 2.05) is 20.2 Å². The molecule has 0 saturated heterocycles. The van der Waals surface area contributed by atoms with Crippen molar-refractivity contribution in [3.8, 4) is 0 Å². The molecule has 0 amide bonds. The zero-order chi connectivity index (χ0) is 10.6. The van der Waals surface area contributed by atoms with Crippen molar-refractivity contribution in [2.24, 2.45) is 0 Å². The second kappa shape index (κ2) is 4.46. The molecule has 1 aromatic carbocycles. The Hall–Kier alpha value is -1.77. The third kappa shape index (κ3) is 2.62. The first-order valence-corrected chi connectivity index (χ1v) is 4.34. The third-order valence-corrected chi connectivity index (χ3v) is 1.75. The van der Waals surface area contributed by atoms with Crippen molar-refractivity contribution in [1.82, 2.24) is 4.90 Å². The fourth-order valence-electron chi connectivity index (χ4n) is 1.03. The predicted octanol–water partition coefficient (Wildman–Crippen LogP) is 1.53. The highest BCUT2D eigenvalue weighted by Crippen LogP contribution is 2.11. The van der Waals surface area contributed by atoms with Crippen molar-refractivity contribution >= 4 is 11.5 Å². The normalized spacial score (nSPS) is 10.4. The van der Waals surface area contributed by atoms with Crippen molar-refractivity contribution in [1.29, 1.82) is 0 Å². The van der Waals surface area contributed by atoms with Crippen LogP contribution in [0.1, 0.15) is 10.4 Å². The molecule has 14 heavy (non-hydrogen) atoms. The zero-order valence-corrected chi connectivity index (χ0v) is 8.40. The second-order valence-electron chi connectivity index (χ2n) is 3.23. The molecule has 0 radical (unpaired) electrons. The summed E-state index contributed by atoms with van der Waals surface area (Å²) >= 11 is 0. The van der Waals surface area contributed by atoms with Crippen molar-refractivity contribution in [2.45, 2.75) is 0 Å². The topological polar surface area (TPSA) is 46.3 Å². The van der Waals surface area contributed by atoms with Gasteiger partial charge in [0.2, 0.25) is 0 Å². The van der Waals surface area contributed by atoms with E-state index in [-0.39, 0.29) is 5.78 Å². The number of nitrogen functional groups attached to an aromatic ring is 1. The molecule has 0 aromatic heterocycles. The first-order valence-electron chi connectivity index (χ1n) is 4.34. The van der Waals surface area contributed by atoms with Crippen LogP contribution in [0.25, 0.3) is 0 Å². The van der Waals surface area contributed by atoms with Gasteiger partial charge in [-0.05, 0) is 12.1 Å². The Morgan fingerprint density at radius 2 is 2.00 bits per heavy atom. The molecule has 1 aromatic rings. The van der Waals surface area contributed by atoms with Gasteiger partial charge in [-0.2, -0.15) is 0 Å². The minimum atomic E-state index is -0.0724. The average molecular weight is 190 g/mol. The van der Waals surface area contributed by atoms with Crippen LogP contribution in [0.4, 0.5) is 5.69 Å². The predicted molar refractivity (Wildman–Crippen MR) is 58.0 cm³/mol. The summed E-state index contributed by atoms with van der Waals surface area (Å²) in [6.07, 6.45) is 3.21. The van der Waals surface area contributed by atoms with Gasteiger partial charge in [-0.1, -0.05) is 12.1 Å². The van der Waals surface area contributed by atoms with Crippen LogP contribution >= 0.6 is 0 Å². The maximum absolute atomic E-state index is 11.6. The van der Waals surface area contributed by atoms with E-state index in [0.29, 0.717) is 11.3 Å². The largest absolute Gasteiger partial charge is 0.398 e. The quantitative estimate of drug-likeness (QED) is 0.446. The van der Waals surface area contributed by atoms with Gasteiger partial charge in [0.25, 0.3) is 0 Å². The first-order chi connectivity index (χ1) is 6.61. The number of anilines is 1. The zero-order valence-electron chi connectivity index (χ0n) is 8.40. The minimum absolute atomic E-state index is 0.0724. The maximum atomic E-state index is 11.6. The van der Waals surface area contributed by atoms with Gasteiger partial charge < -0.3 is 10.6 Å². The third-order valence-electron chi connectivity index (χ3n) is 1.75. The van der Waals surface area contributed by atoms with E-state index in [2.05, 4.69) is 0 Å². The van der Waals surface area contributed by atoms with Gasteiger partial charge in [-0.3, -0.25) is 4.79 Å². The molecule has 0 saturated carbocycles. The maximum Gasteiger partial charge on any atom is 0.189 e. The van der Waals surface area contributed by atoms with E-state index < -0.39 is 0 Å². The number of carbonyl (C=O) groups is 1. The molecule has 74 valence electrons. The first kappa shape index (κ1) is 10.3. The Kier molecular flexibility index (Phi) is 3.29. The molecule has 0 aliphatic heterocycles. The molecule has 0 aliphatic rings. The lowest BCUT2D eigenvalue weighted by molar-refractivity contribution is 0.104. The Bertz CT molecular complexity index is 356. The number of ketones is 1. The number of benzene rings is 1. The van der Waals surface area contributed by atoms with Crippen LogP contribution in [0.15, 0.2) is 36.5 Å². The number of para-hydroxylation sites is 1. The standard InChI is InChI=1S/C11H14N2O/c1-13(2)8-7-11(14)9-5-3-4-6-10(9)12/h3-8H,12H2,1-2H3/b8-7+. The molecular weight excluding hydrogens is 176 g/mol. The summed E-state index contributed by atoms with van der Waals surface area (Å²) in [6, 6.07) is 7.04. The Balaban J connectivity index is 2.85. The SMILES string of the molecule is CN(C)/C=C/C(=O)c1ccccc1N. The van der Waals surface area contributed by atoms with Gasteiger partial charge in [-0.15, -0.1) is 0 Å². The van der Waals surface area contributed by atoms with Gasteiger partial charge in [0.1, 0.15) is 0 Å². The number of nitrogens with two attached hydrogens (primary N) is 1. The highest BCUT2D eigenvalue weighted by molar-refractivity contribution is 6.07. The van der Waals surface area contributed by atoms with Crippen molar-refractivity contribution in [3.05, 3.63) is 42.1 Å². The number of carbonyl (C=O) groups excluding carboxylic acids is 1. The molecule has 0 aliphatic carbocycles. The van der Waals surface area contributed by atoms with E-state index in [1.165, 1.54) is 6.08 Å². The smallest absolute Gasteiger partial charge is 0.189 e. The molecule has 0 spiro atoms. The summed E-state index contributed by atoms with van der Waals surface area (Å²) in [6.45, 7) is 0. The molecule has 0 heterocycles. The molecule has 0 bridgehead atoms. The lowest BCUT2D eigenvalue weighted by Gasteiger charge is -2.04. The van der Waals surface area contributed by atoms with Crippen LogP contribution in [0.3, 0.4) is 0 Å². The molecule has 0 atom stereocenters. The monoisotopic (exact) mass is 190 g/mol. The van der Waals surface area contributed by atoms with Gasteiger partial charge >= 0.3 is 0 Å². The fraction of sp³-hybridized carbons (Fsp3) is 0.182. The minimum Gasteiger partial charge on any atom is -0.398 e. The average Bonchev–Trinajstić information content (AvgIpc) is 2.15. The van der Waals surface area contributed by atoms with Gasteiger partial charge in [0, 0.05) is 37.6 Å². The molecule has 0 fully saturated rings. The molecule has 3 heteroatoms. The van der Waals surface area contributed by atoms with E-state index in [0.717, 1.165) is 0 Å². The molecule has 2 N–H and O–H groups in total. The van der Waals surface area contributed by atoms with E-state index in [4.69, 9.17) is 5.73 Å². The highest BCUT2D eigenvalue weighted by Gasteiger charge is 2.04. The molecule has 0 unspecified atom stereocenters. The van der Waals surface area contributed by atoms with Crippen molar-refractivity contribution < 1.29 is 4.79 Å². The van der Waals surface area contributed by atoms with E-state index in [1.54, 1.807) is 29.3 Å². The molecular formula is C11H14N2O. The molecule has 1 rings (SSSR count). The Labute approximate surface area is 83.8 Å². The summed E-state index contributed by atoms with van der Waals surface area (Å²) in [7, 11) is 3.72. The Morgan fingerprint density at radius 1 is 1.36 bits per heavy atom. The number of allylic oxidation sites excluding steroid dienone is 1. The summed E-state index contributed by atoms with van der Waals surface area (Å²) in [5.74, 6) is -0.0724. The summed E-state index contributed by atoms with van der Waals surface area (Å²) in [4.78, 5) is 13.4. The van der Waals surface area contributed by atoms with Crippen LogP contribution in [0, 0.1) is 0 Å². The summed E-state index contributed by atoms with van der Waals surface area (Å²) < 4.78 is 0. The molecule has 3 nitrogen and oxygen atoms in total. The Morgan fingerprint density at radius 3 is 2.57 bits per heavy atom. The van der Waals surface area contributed by atoms with Crippen LogP contribution in [0.5, 0.6) is 0 Å². The lowest BCUT2D eigenvalue weighted by atomic mass is 10.1. The second-order valence-corrected chi connectivity index (χ2v) is 3.23. The van der Waals surface area contributed by atoms with Gasteiger partial charge in [-0.25, -0.2) is 0 Å². The van der Waals surface area contributed by atoms with Crippen LogP contribution < -0.4 is 5.73 Å². The van der Waals surface area contributed by atoms with Crippen LogP contribution in [-0.4, -0.2) is 24.8 Å².